The summed E-state index contributed by atoms with van der Waals surface area (Å²) in [6.07, 6.45) is 5.60. The molecular weight excluding hydrogens is 378 g/mol. The van der Waals surface area contributed by atoms with E-state index in [0.717, 1.165) is 11.1 Å². The topological polar surface area (TPSA) is 86.5 Å². The van der Waals surface area contributed by atoms with Crippen molar-refractivity contribution in [3.05, 3.63) is 65.6 Å². The van der Waals surface area contributed by atoms with Crippen molar-refractivity contribution in [3.63, 3.8) is 0 Å². The molecule has 0 aliphatic carbocycles. The van der Waals surface area contributed by atoms with Crippen LogP contribution in [0.5, 0.6) is 11.5 Å². The molecule has 0 unspecified atom stereocenters. The van der Waals surface area contributed by atoms with Crippen LogP contribution in [0.3, 0.4) is 0 Å². The van der Waals surface area contributed by atoms with Crippen molar-refractivity contribution in [1.82, 2.24) is 10.2 Å². The minimum absolute atomic E-state index is 0.0658. The Morgan fingerprint density at radius 2 is 1.96 bits per heavy atom. The molecule has 142 valence electrons. The lowest BCUT2D eigenvalue weighted by Crippen LogP contribution is -2.07. The van der Waals surface area contributed by atoms with Gasteiger partial charge in [0.25, 0.3) is 5.91 Å². The third kappa shape index (κ3) is 4.34. The average Bonchev–Trinajstić information content (AvgIpc) is 3.36. The molecule has 7 nitrogen and oxygen atoms in total. The van der Waals surface area contributed by atoms with Gasteiger partial charge in [0.1, 0.15) is 0 Å². The lowest BCUT2D eigenvalue weighted by molar-refractivity contribution is -0.112. The van der Waals surface area contributed by atoms with Gasteiger partial charge in [-0.15, -0.1) is 16.9 Å². The van der Waals surface area contributed by atoms with E-state index in [-0.39, 0.29) is 18.7 Å². The standard InChI is InChI=1S/C20H17N3O4S/c1-28-15-6-2-14(3-7-15)11-19-22-23-20(27-19)21-18(24)9-5-13-4-8-16-17(10-13)26-12-25-16/h2-10H,11-12H2,1H3,(H,21,23,24)/b9-5+. The van der Waals surface area contributed by atoms with E-state index >= 15 is 0 Å². The lowest BCUT2D eigenvalue weighted by Gasteiger charge is -1.99. The lowest BCUT2D eigenvalue weighted by atomic mass is 10.1. The van der Waals surface area contributed by atoms with Gasteiger partial charge >= 0.3 is 6.01 Å². The molecule has 4 rings (SSSR count). The van der Waals surface area contributed by atoms with Crippen molar-refractivity contribution in [2.45, 2.75) is 11.3 Å². The predicted molar refractivity (Wildman–Crippen MR) is 106 cm³/mol. The maximum atomic E-state index is 12.1. The number of nitrogens with zero attached hydrogens (tertiary/aromatic N) is 2. The number of rotatable bonds is 6. The summed E-state index contributed by atoms with van der Waals surface area (Å²) in [5.41, 5.74) is 1.88. The molecule has 0 spiro atoms. The summed E-state index contributed by atoms with van der Waals surface area (Å²) in [5, 5.41) is 10.4. The summed E-state index contributed by atoms with van der Waals surface area (Å²) in [6, 6.07) is 13.6. The molecule has 1 aliphatic rings. The van der Waals surface area contributed by atoms with E-state index in [1.165, 1.54) is 11.0 Å². The van der Waals surface area contributed by atoms with Crippen LogP contribution < -0.4 is 14.8 Å². The first-order valence-corrected chi connectivity index (χ1v) is 9.76. The van der Waals surface area contributed by atoms with E-state index in [4.69, 9.17) is 13.9 Å². The molecule has 0 bridgehead atoms. The van der Waals surface area contributed by atoms with Gasteiger partial charge in [-0.1, -0.05) is 23.3 Å². The molecule has 2 aromatic carbocycles. The minimum Gasteiger partial charge on any atom is -0.454 e. The average molecular weight is 395 g/mol. The number of anilines is 1. The number of fused-ring (bicyclic) bond motifs is 1. The molecule has 0 radical (unpaired) electrons. The van der Waals surface area contributed by atoms with Crippen LogP contribution in [0.4, 0.5) is 6.01 Å². The van der Waals surface area contributed by atoms with Crippen molar-refractivity contribution in [3.8, 4) is 11.5 Å². The Morgan fingerprint density at radius 3 is 2.79 bits per heavy atom. The van der Waals surface area contributed by atoms with E-state index in [0.29, 0.717) is 23.8 Å². The Hall–Kier alpha value is -3.26. The summed E-state index contributed by atoms with van der Waals surface area (Å²) in [4.78, 5) is 13.3. The zero-order valence-corrected chi connectivity index (χ0v) is 15.9. The quantitative estimate of drug-likeness (QED) is 0.502. The fraction of sp³-hybridized carbons (Fsp3) is 0.150. The number of ether oxygens (including phenoxy) is 2. The maximum absolute atomic E-state index is 12.1. The number of thioether (sulfide) groups is 1. The molecule has 1 aliphatic heterocycles. The van der Waals surface area contributed by atoms with Crippen LogP contribution in [0.25, 0.3) is 6.08 Å². The summed E-state index contributed by atoms with van der Waals surface area (Å²) in [5.74, 6) is 1.43. The van der Waals surface area contributed by atoms with Crippen molar-refractivity contribution in [2.24, 2.45) is 0 Å². The highest BCUT2D eigenvalue weighted by Gasteiger charge is 2.13. The molecule has 0 saturated heterocycles. The molecule has 1 aromatic heterocycles. The number of amides is 1. The van der Waals surface area contributed by atoms with E-state index < -0.39 is 0 Å². The van der Waals surface area contributed by atoms with Gasteiger partial charge in [-0.05, 0) is 47.7 Å². The van der Waals surface area contributed by atoms with Gasteiger partial charge in [-0.25, -0.2) is 0 Å². The molecule has 3 aromatic rings. The Bertz CT molecular complexity index is 1010. The third-order valence-corrected chi connectivity index (χ3v) is 4.78. The van der Waals surface area contributed by atoms with Crippen LogP contribution in [0.1, 0.15) is 17.0 Å². The van der Waals surface area contributed by atoms with Crippen LogP contribution >= 0.6 is 11.8 Å². The van der Waals surface area contributed by atoms with Gasteiger partial charge in [0.15, 0.2) is 11.5 Å². The molecule has 0 atom stereocenters. The van der Waals surface area contributed by atoms with Crippen molar-refractivity contribution >= 4 is 29.8 Å². The van der Waals surface area contributed by atoms with Gasteiger partial charge in [-0.2, -0.15) is 0 Å². The van der Waals surface area contributed by atoms with Crippen LogP contribution in [0, 0.1) is 0 Å². The molecule has 0 fully saturated rings. The summed E-state index contributed by atoms with van der Waals surface area (Å²) in [7, 11) is 0. The monoisotopic (exact) mass is 395 g/mol. The summed E-state index contributed by atoms with van der Waals surface area (Å²) < 4.78 is 16.1. The molecule has 2 heterocycles. The minimum atomic E-state index is -0.364. The van der Waals surface area contributed by atoms with Gasteiger partial charge in [0.05, 0.1) is 6.42 Å². The highest BCUT2D eigenvalue weighted by Crippen LogP contribution is 2.32. The Labute approximate surface area is 165 Å². The molecule has 8 heteroatoms. The Morgan fingerprint density at radius 1 is 1.14 bits per heavy atom. The number of hydrogen-bond donors (Lipinski definition) is 1. The van der Waals surface area contributed by atoms with Crippen molar-refractivity contribution < 1.29 is 18.7 Å². The normalized spacial score (nSPS) is 12.5. The van der Waals surface area contributed by atoms with Crippen LogP contribution in [0.2, 0.25) is 0 Å². The second kappa shape index (κ2) is 8.18. The number of nitrogens with one attached hydrogen (secondary N) is 1. The Kier molecular flexibility index (Phi) is 5.29. The zero-order valence-electron chi connectivity index (χ0n) is 15.0. The zero-order chi connectivity index (χ0) is 19.3. The van der Waals surface area contributed by atoms with Gasteiger partial charge in [0, 0.05) is 11.0 Å². The Balaban J connectivity index is 1.34. The van der Waals surface area contributed by atoms with E-state index in [1.807, 2.05) is 36.6 Å². The molecule has 1 N–H and O–H groups in total. The molecule has 28 heavy (non-hydrogen) atoms. The highest BCUT2D eigenvalue weighted by atomic mass is 32.2. The van der Waals surface area contributed by atoms with Gasteiger partial charge in [0.2, 0.25) is 12.7 Å². The number of hydrogen-bond acceptors (Lipinski definition) is 7. The number of aromatic nitrogens is 2. The predicted octanol–water partition coefficient (Wildman–Crippen LogP) is 3.76. The first-order valence-electron chi connectivity index (χ1n) is 8.53. The molecular formula is C20H17N3O4S. The second-order valence-corrected chi connectivity index (χ2v) is 6.84. The summed E-state index contributed by atoms with van der Waals surface area (Å²) >= 11 is 1.68. The first-order chi connectivity index (χ1) is 13.7. The van der Waals surface area contributed by atoms with Crippen LogP contribution in [0.15, 0.2) is 57.9 Å². The van der Waals surface area contributed by atoms with E-state index in [2.05, 4.69) is 15.5 Å². The second-order valence-electron chi connectivity index (χ2n) is 5.96. The van der Waals surface area contributed by atoms with Gasteiger partial charge in [-0.3, -0.25) is 10.1 Å². The number of benzene rings is 2. The van der Waals surface area contributed by atoms with E-state index in [9.17, 15) is 4.79 Å². The molecule has 0 saturated carbocycles. The largest absolute Gasteiger partial charge is 0.454 e. The fourth-order valence-electron chi connectivity index (χ4n) is 2.63. The highest BCUT2D eigenvalue weighted by molar-refractivity contribution is 7.98. The fourth-order valence-corrected chi connectivity index (χ4v) is 3.04. The van der Waals surface area contributed by atoms with Crippen LogP contribution in [-0.4, -0.2) is 29.2 Å². The van der Waals surface area contributed by atoms with Crippen LogP contribution in [-0.2, 0) is 11.2 Å². The number of carbonyl (C=O) groups is 1. The SMILES string of the molecule is CSc1ccc(Cc2nnc(NC(=O)/C=C/c3ccc4c(c3)OCO4)o2)cc1. The van der Waals surface area contributed by atoms with Crippen molar-refractivity contribution in [1.29, 1.82) is 0 Å². The number of carbonyl (C=O) groups excluding carboxylic acids is 1. The van der Waals surface area contributed by atoms with E-state index in [1.54, 1.807) is 30.0 Å². The third-order valence-electron chi connectivity index (χ3n) is 4.04. The van der Waals surface area contributed by atoms with Crippen molar-refractivity contribution in [2.75, 3.05) is 18.4 Å². The summed E-state index contributed by atoms with van der Waals surface area (Å²) in [6.45, 7) is 0.212. The first kappa shape index (κ1) is 18.1. The maximum Gasteiger partial charge on any atom is 0.322 e. The smallest absolute Gasteiger partial charge is 0.322 e. The van der Waals surface area contributed by atoms with Gasteiger partial charge < -0.3 is 13.9 Å². The molecule has 1 amide bonds.